The summed E-state index contributed by atoms with van der Waals surface area (Å²) >= 11 is 0. The van der Waals surface area contributed by atoms with Gasteiger partial charge in [-0.1, -0.05) is 6.07 Å². The molecule has 14 heteroatoms. The molecule has 1 aliphatic rings. The molecule has 2 aromatic carbocycles. The van der Waals surface area contributed by atoms with Crippen LogP contribution in [0.5, 0.6) is 5.75 Å². The SMILES string of the molecule is O=C(NNS(=O)(=O)c1ccc(O)c([N+](=O)[O-])c1)c1cccc(S(=O)(=O)N2CCCC2)c1. The smallest absolute Gasteiger partial charge is 0.312 e. The van der Waals surface area contributed by atoms with Crippen molar-refractivity contribution in [3.8, 4) is 5.75 Å². The molecule has 1 fully saturated rings. The summed E-state index contributed by atoms with van der Waals surface area (Å²) in [5, 5.41) is 20.3. The molecular formula is C17H18N4O8S2. The molecule has 0 radical (unpaired) electrons. The number of rotatable bonds is 7. The molecule has 1 heterocycles. The second-order valence-electron chi connectivity index (χ2n) is 6.61. The van der Waals surface area contributed by atoms with E-state index in [1.165, 1.54) is 22.5 Å². The molecule has 12 nitrogen and oxygen atoms in total. The van der Waals surface area contributed by atoms with Gasteiger partial charge in [0.25, 0.3) is 15.9 Å². The third kappa shape index (κ3) is 4.82. The zero-order chi connectivity index (χ0) is 22.8. The Bertz CT molecular complexity index is 1240. The maximum absolute atomic E-state index is 12.6. The van der Waals surface area contributed by atoms with Crippen molar-refractivity contribution in [3.63, 3.8) is 0 Å². The van der Waals surface area contributed by atoms with E-state index in [0.717, 1.165) is 31.0 Å². The Kier molecular flexibility index (Phi) is 6.26. The third-order valence-corrected chi connectivity index (χ3v) is 7.69. The number of phenolic OH excluding ortho intramolecular Hbond substituents is 1. The standard InChI is InChI=1S/C17H18N4O8S2/c22-16-7-6-13(11-15(16)21(24)25)30(26,27)19-18-17(23)12-4-3-5-14(10-12)31(28,29)20-8-1-2-9-20/h3-7,10-11,19,22H,1-2,8-9H2,(H,18,23). The van der Waals surface area contributed by atoms with Crippen LogP contribution in [0.15, 0.2) is 52.3 Å². The predicted octanol–water partition coefficient (Wildman–Crippen LogP) is 0.708. The van der Waals surface area contributed by atoms with Gasteiger partial charge in [-0.3, -0.25) is 20.3 Å². The third-order valence-electron chi connectivity index (χ3n) is 4.55. The fourth-order valence-corrected chi connectivity index (χ4v) is 5.36. The lowest BCUT2D eigenvalue weighted by atomic mass is 10.2. The highest BCUT2D eigenvalue weighted by atomic mass is 32.2. The number of carbonyl (C=O) groups excluding carboxylic acids is 1. The maximum Gasteiger partial charge on any atom is 0.312 e. The number of hydrogen-bond acceptors (Lipinski definition) is 8. The maximum atomic E-state index is 12.6. The van der Waals surface area contributed by atoms with Crippen LogP contribution in [0.3, 0.4) is 0 Å². The molecule has 1 saturated heterocycles. The topological polar surface area (TPSA) is 176 Å². The van der Waals surface area contributed by atoms with Crippen molar-refractivity contribution in [2.75, 3.05) is 13.1 Å². The van der Waals surface area contributed by atoms with Crippen molar-refractivity contribution in [2.24, 2.45) is 0 Å². The van der Waals surface area contributed by atoms with E-state index >= 15 is 0 Å². The lowest BCUT2D eigenvalue weighted by Crippen LogP contribution is -2.41. The molecule has 0 saturated carbocycles. The molecule has 2 aromatic rings. The Labute approximate surface area is 177 Å². The summed E-state index contributed by atoms with van der Waals surface area (Å²) in [5.74, 6) is -1.65. The number of nitrogens with one attached hydrogen (secondary N) is 2. The second-order valence-corrected chi connectivity index (χ2v) is 10.2. The van der Waals surface area contributed by atoms with Crippen LogP contribution in [-0.2, 0) is 20.0 Å². The molecule has 0 aromatic heterocycles. The van der Waals surface area contributed by atoms with Crippen LogP contribution in [0.25, 0.3) is 0 Å². The summed E-state index contributed by atoms with van der Waals surface area (Å²) in [4.78, 5) is 23.4. The van der Waals surface area contributed by atoms with Crippen molar-refractivity contribution in [1.29, 1.82) is 0 Å². The molecular weight excluding hydrogens is 452 g/mol. The minimum atomic E-state index is -4.41. The number of amides is 1. The Balaban J connectivity index is 1.77. The number of hydrogen-bond donors (Lipinski definition) is 3. The van der Waals surface area contributed by atoms with Gasteiger partial charge in [-0.25, -0.2) is 16.8 Å². The summed E-state index contributed by atoms with van der Waals surface area (Å²) in [6, 6.07) is 7.51. The highest BCUT2D eigenvalue weighted by Gasteiger charge is 2.28. The van der Waals surface area contributed by atoms with Crippen molar-refractivity contribution >= 4 is 31.6 Å². The average Bonchev–Trinajstić information content (AvgIpc) is 3.28. The van der Waals surface area contributed by atoms with Gasteiger partial charge in [-0.05, 0) is 43.2 Å². The van der Waals surface area contributed by atoms with Crippen LogP contribution in [0.1, 0.15) is 23.2 Å². The molecule has 0 spiro atoms. The van der Waals surface area contributed by atoms with Crippen molar-refractivity contribution in [3.05, 3.63) is 58.1 Å². The first-order valence-electron chi connectivity index (χ1n) is 8.92. The van der Waals surface area contributed by atoms with Gasteiger partial charge in [0.05, 0.1) is 14.7 Å². The van der Waals surface area contributed by atoms with Crippen LogP contribution >= 0.6 is 0 Å². The minimum Gasteiger partial charge on any atom is -0.502 e. The minimum absolute atomic E-state index is 0.0981. The highest BCUT2D eigenvalue weighted by molar-refractivity contribution is 7.89. The van der Waals surface area contributed by atoms with Gasteiger partial charge in [0.15, 0.2) is 5.75 Å². The van der Waals surface area contributed by atoms with E-state index in [2.05, 4.69) is 0 Å². The number of benzene rings is 2. The van der Waals surface area contributed by atoms with E-state index in [9.17, 15) is 36.9 Å². The van der Waals surface area contributed by atoms with Crippen LogP contribution in [0.4, 0.5) is 5.69 Å². The zero-order valence-corrected chi connectivity index (χ0v) is 17.5. The molecule has 0 bridgehead atoms. The Morgan fingerprint density at radius 3 is 2.35 bits per heavy atom. The van der Waals surface area contributed by atoms with Gasteiger partial charge in [0.1, 0.15) is 0 Å². The van der Waals surface area contributed by atoms with Crippen LogP contribution in [0, 0.1) is 10.1 Å². The number of nitro benzene ring substituents is 1. The fourth-order valence-electron chi connectivity index (χ4n) is 2.94. The molecule has 1 aliphatic heterocycles. The first kappa shape index (κ1) is 22.6. The van der Waals surface area contributed by atoms with E-state index < -0.39 is 47.2 Å². The van der Waals surface area contributed by atoms with Gasteiger partial charge >= 0.3 is 5.69 Å². The summed E-state index contributed by atoms with van der Waals surface area (Å²) in [5.41, 5.74) is 0.995. The Morgan fingerprint density at radius 1 is 1.03 bits per heavy atom. The highest BCUT2D eigenvalue weighted by Crippen LogP contribution is 2.28. The van der Waals surface area contributed by atoms with E-state index in [4.69, 9.17) is 0 Å². The van der Waals surface area contributed by atoms with Gasteiger partial charge in [0, 0.05) is 24.7 Å². The van der Waals surface area contributed by atoms with E-state index in [1.54, 1.807) is 4.83 Å². The molecule has 0 atom stereocenters. The van der Waals surface area contributed by atoms with Crippen molar-refractivity contribution in [1.82, 2.24) is 14.6 Å². The van der Waals surface area contributed by atoms with Gasteiger partial charge in [-0.15, -0.1) is 4.83 Å². The number of phenols is 1. The van der Waals surface area contributed by atoms with Gasteiger partial charge in [-0.2, -0.15) is 4.31 Å². The van der Waals surface area contributed by atoms with Gasteiger partial charge in [0.2, 0.25) is 10.0 Å². The van der Waals surface area contributed by atoms with Crippen molar-refractivity contribution in [2.45, 2.75) is 22.6 Å². The molecule has 31 heavy (non-hydrogen) atoms. The summed E-state index contributed by atoms with van der Waals surface area (Å²) < 4.78 is 51.2. The molecule has 3 rings (SSSR count). The average molecular weight is 470 g/mol. The summed E-state index contributed by atoms with van der Waals surface area (Å²) in [6.45, 7) is 0.772. The van der Waals surface area contributed by atoms with Crippen LogP contribution in [-0.4, -0.2) is 50.2 Å². The second kappa shape index (κ2) is 8.58. The first-order valence-corrected chi connectivity index (χ1v) is 11.8. The number of carbonyl (C=O) groups is 1. The number of sulfonamides is 2. The van der Waals surface area contributed by atoms with Gasteiger partial charge < -0.3 is 5.11 Å². The summed E-state index contributed by atoms with van der Waals surface area (Å²) in [7, 11) is -8.18. The first-order chi connectivity index (χ1) is 14.5. The number of nitro groups is 1. The van der Waals surface area contributed by atoms with Crippen LogP contribution in [0.2, 0.25) is 0 Å². The predicted molar refractivity (Wildman–Crippen MR) is 107 cm³/mol. The molecule has 3 N–H and O–H groups in total. The number of nitrogens with zero attached hydrogens (tertiary/aromatic N) is 2. The Morgan fingerprint density at radius 2 is 1.71 bits per heavy atom. The van der Waals surface area contributed by atoms with Crippen LogP contribution < -0.4 is 10.3 Å². The van der Waals surface area contributed by atoms with Crippen molar-refractivity contribution < 1.29 is 31.7 Å². The zero-order valence-electron chi connectivity index (χ0n) is 15.9. The lowest BCUT2D eigenvalue weighted by Gasteiger charge is -2.16. The normalized spacial score (nSPS) is 15.0. The van der Waals surface area contributed by atoms with E-state index in [-0.39, 0.29) is 10.5 Å². The fraction of sp³-hybridized carbons (Fsp3) is 0.235. The molecule has 0 aliphatic carbocycles. The quantitative estimate of drug-likeness (QED) is 0.391. The molecule has 1 amide bonds. The monoisotopic (exact) mass is 470 g/mol. The number of aromatic hydroxyl groups is 1. The largest absolute Gasteiger partial charge is 0.502 e. The van der Waals surface area contributed by atoms with E-state index in [1.807, 2.05) is 5.43 Å². The Hall–Kier alpha value is -3.07. The molecule has 166 valence electrons. The number of hydrazine groups is 1. The summed E-state index contributed by atoms with van der Waals surface area (Å²) in [6.07, 6.45) is 1.49. The van der Waals surface area contributed by atoms with E-state index in [0.29, 0.717) is 19.2 Å². The molecule has 0 unspecified atom stereocenters. The lowest BCUT2D eigenvalue weighted by molar-refractivity contribution is -0.386.